The molecule has 1 saturated heterocycles. The SMILES string of the molecule is CS(=O)(=O)CCN1CCN(c2cc(Nc3ccn[nH]3)nc(Sc3ccc(NC(=O)C4CC4)cc3)n2)CC1. The zero-order valence-corrected chi connectivity index (χ0v) is 22.2. The average molecular weight is 543 g/mol. The Labute approximate surface area is 220 Å². The van der Waals surface area contributed by atoms with E-state index in [1.54, 1.807) is 6.20 Å². The van der Waals surface area contributed by atoms with Gasteiger partial charge in [-0.15, -0.1) is 0 Å². The van der Waals surface area contributed by atoms with Gasteiger partial charge in [0.1, 0.15) is 27.3 Å². The first-order valence-corrected chi connectivity index (χ1v) is 15.1. The van der Waals surface area contributed by atoms with Gasteiger partial charge < -0.3 is 15.5 Å². The minimum Gasteiger partial charge on any atom is -0.354 e. The topological polar surface area (TPSA) is 136 Å². The first-order valence-electron chi connectivity index (χ1n) is 12.2. The third kappa shape index (κ3) is 7.43. The summed E-state index contributed by atoms with van der Waals surface area (Å²) in [6.45, 7) is 3.55. The van der Waals surface area contributed by atoms with Gasteiger partial charge in [0.2, 0.25) is 5.91 Å². The Hall–Kier alpha value is -3.16. The van der Waals surface area contributed by atoms with Gasteiger partial charge in [0.15, 0.2) is 5.16 Å². The number of piperazine rings is 1. The number of carbonyl (C=O) groups excluding carboxylic acids is 1. The third-order valence-corrected chi connectivity index (χ3v) is 8.01. The second-order valence-electron chi connectivity index (χ2n) is 9.34. The Morgan fingerprint density at radius 2 is 1.86 bits per heavy atom. The summed E-state index contributed by atoms with van der Waals surface area (Å²) in [5.74, 6) is 2.58. The molecule has 11 nitrogen and oxygen atoms in total. The predicted molar refractivity (Wildman–Crippen MR) is 144 cm³/mol. The lowest BCUT2D eigenvalue weighted by Crippen LogP contribution is -2.47. The molecule has 0 unspecified atom stereocenters. The van der Waals surface area contributed by atoms with Crippen LogP contribution in [-0.4, -0.2) is 84.1 Å². The number of benzene rings is 1. The predicted octanol–water partition coefficient (Wildman–Crippen LogP) is 2.61. The van der Waals surface area contributed by atoms with E-state index >= 15 is 0 Å². The summed E-state index contributed by atoms with van der Waals surface area (Å²) in [6, 6.07) is 11.4. The Balaban J connectivity index is 1.28. The van der Waals surface area contributed by atoms with Crippen molar-refractivity contribution in [3.05, 3.63) is 42.6 Å². The molecule has 37 heavy (non-hydrogen) atoms. The van der Waals surface area contributed by atoms with Crippen molar-refractivity contribution in [2.24, 2.45) is 5.92 Å². The molecule has 3 aromatic rings. The first-order chi connectivity index (χ1) is 17.8. The largest absolute Gasteiger partial charge is 0.354 e. The van der Waals surface area contributed by atoms with Crippen LogP contribution in [0.1, 0.15) is 12.8 Å². The number of carbonyl (C=O) groups is 1. The van der Waals surface area contributed by atoms with Gasteiger partial charge in [-0.25, -0.2) is 18.4 Å². The zero-order valence-electron chi connectivity index (χ0n) is 20.6. The van der Waals surface area contributed by atoms with Gasteiger partial charge in [-0.05, 0) is 48.9 Å². The van der Waals surface area contributed by atoms with Gasteiger partial charge in [0.25, 0.3) is 0 Å². The van der Waals surface area contributed by atoms with Crippen LogP contribution in [0, 0.1) is 5.92 Å². The molecule has 1 aliphatic heterocycles. The molecule has 0 radical (unpaired) electrons. The number of H-pyrrole nitrogens is 1. The van der Waals surface area contributed by atoms with E-state index in [-0.39, 0.29) is 17.6 Å². The number of aromatic amines is 1. The standard InChI is InChI=1S/C24H30N8O3S2/c1-37(34,35)15-14-31-10-12-32(13-11-31)22-16-21(27-20-8-9-25-30-20)28-24(29-22)36-19-6-4-18(5-7-19)26-23(33)17-2-3-17/h4-9,16-17H,2-3,10-15H2,1H3,(H,26,33)(H2,25,27,28,29,30). The van der Waals surface area contributed by atoms with Crippen LogP contribution >= 0.6 is 11.8 Å². The van der Waals surface area contributed by atoms with Crippen LogP contribution in [0.4, 0.5) is 23.1 Å². The Morgan fingerprint density at radius 3 is 2.51 bits per heavy atom. The summed E-state index contributed by atoms with van der Waals surface area (Å²) < 4.78 is 23.0. The summed E-state index contributed by atoms with van der Waals surface area (Å²) in [4.78, 5) is 26.9. The van der Waals surface area contributed by atoms with E-state index in [1.165, 1.54) is 18.0 Å². The molecule has 3 N–H and O–H groups in total. The quantitative estimate of drug-likeness (QED) is 0.328. The van der Waals surface area contributed by atoms with Crippen molar-refractivity contribution >= 4 is 50.6 Å². The van der Waals surface area contributed by atoms with E-state index in [4.69, 9.17) is 9.97 Å². The summed E-state index contributed by atoms with van der Waals surface area (Å²) >= 11 is 1.45. The van der Waals surface area contributed by atoms with Crippen molar-refractivity contribution in [3.8, 4) is 0 Å². The fourth-order valence-corrected chi connectivity index (χ4v) is 5.30. The lowest BCUT2D eigenvalue weighted by atomic mass is 10.3. The number of aromatic nitrogens is 4. The van der Waals surface area contributed by atoms with Crippen LogP contribution in [0.15, 0.2) is 52.6 Å². The molecule has 1 amide bonds. The fourth-order valence-electron chi connectivity index (χ4n) is 3.95. The molecule has 3 heterocycles. The molecule has 5 rings (SSSR count). The molecule has 1 saturated carbocycles. The molecule has 2 aliphatic rings. The molecule has 1 aliphatic carbocycles. The number of sulfone groups is 1. The third-order valence-electron chi connectivity index (χ3n) is 6.21. The van der Waals surface area contributed by atoms with Gasteiger partial charge >= 0.3 is 0 Å². The van der Waals surface area contributed by atoms with Gasteiger partial charge in [0.05, 0.1) is 11.9 Å². The number of hydrogen-bond donors (Lipinski definition) is 3. The summed E-state index contributed by atoms with van der Waals surface area (Å²) in [6.07, 6.45) is 4.88. The fraction of sp³-hybridized carbons (Fsp3) is 0.417. The highest BCUT2D eigenvalue weighted by Gasteiger charge is 2.29. The molecule has 1 aromatic carbocycles. The molecule has 2 aromatic heterocycles. The molecular weight excluding hydrogens is 512 g/mol. The van der Waals surface area contributed by atoms with E-state index in [2.05, 4.69) is 30.6 Å². The number of nitrogens with zero attached hydrogens (tertiary/aromatic N) is 5. The van der Waals surface area contributed by atoms with Crippen molar-refractivity contribution in [1.29, 1.82) is 0 Å². The lowest BCUT2D eigenvalue weighted by Gasteiger charge is -2.35. The van der Waals surface area contributed by atoms with Crippen LogP contribution in [-0.2, 0) is 14.6 Å². The number of nitrogens with one attached hydrogen (secondary N) is 3. The highest BCUT2D eigenvalue weighted by Crippen LogP contribution is 2.32. The smallest absolute Gasteiger partial charge is 0.227 e. The van der Waals surface area contributed by atoms with Crippen molar-refractivity contribution in [2.75, 3.05) is 60.3 Å². The number of rotatable bonds is 10. The Bertz CT molecular complexity index is 1320. The number of amides is 1. The van der Waals surface area contributed by atoms with E-state index in [0.717, 1.165) is 61.2 Å². The minimum absolute atomic E-state index is 0.0855. The van der Waals surface area contributed by atoms with E-state index < -0.39 is 9.84 Å². The second-order valence-corrected chi connectivity index (χ2v) is 12.6. The lowest BCUT2D eigenvalue weighted by molar-refractivity contribution is -0.117. The first kappa shape index (κ1) is 25.5. The van der Waals surface area contributed by atoms with E-state index in [1.807, 2.05) is 36.4 Å². The van der Waals surface area contributed by atoms with Crippen LogP contribution < -0.4 is 15.5 Å². The highest BCUT2D eigenvalue weighted by molar-refractivity contribution is 7.99. The number of anilines is 4. The maximum atomic E-state index is 12.0. The van der Waals surface area contributed by atoms with Gasteiger partial charge in [-0.1, -0.05) is 0 Å². The summed E-state index contributed by atoms with van der Waals surface area (Å²) in [5.41, 5.74) is 0.784. The van der Waals surface area contributed by atoms with Crippen molar-refractivity contribution in [2.45, 2.75) is 22.9 Å². The van der Waals surface area contributed by atoms with Crippen LogP contribution in [0.25, 0.3) is 0 Å². The molecular formula is C24H30N8O3S2. The minimum atomic E-state index is -2.98. The molecule has 13 heteroatoms. The van der Waals surface area contributed by atoms with Crippen molar-refractivity contribution in [3.63, 3.8) is 0 Å². The summed E-state index contributed by atoms with van der Waals surface area (Å²) in [7, 11) is -2.98. The maximum Gasteiger partial charge on any atom is 0.227 e. The van der Waals surface area contributed by atoms with E-state index in [9.17, 15) is 13.2 Å². The molecule has 0 atom stereocenters. The normalized spacial score (nSPS) is 16.5. The van der Waals surface area contributed by atoms with Crippen molar-refractivity contribution in [1.82, 2.24) is 25.1 Å². The van der Waals surface area contributed by atoms with Crippen LogP contribution in [0.3, 0.4) is 0 Å². The van der Waals surface area contributed by atoms with Crippen molar-refractivity contribution < 1.29 is 13.2 Å². The maximum absolute atomic E-state index is 12.0. The second kappa shape index (κ2) is 11.1. The highest BCUT2D eigenvalue weighted by atomic mass is 32.2. The van der Waals surface area contributed by atoms with Crippen LogP contribution in [0.2, 0.25) is 0 Å². The average Bonchev–Trinajstić information content (AvgIpc) is 3.61. The zero-order chi connectivity index (χ0) is 25.8. The molecule has 2 fully saturated rings. The number of hydrogen-bond acceptors (Lipinski definition) is 10. The van der Waals surface area contributed by atoms with Gasteiger partial charge in [-0.2, -0.15) is 5.10 Å². The van der Waals surface area contributed by atoms with E-state index in [0.29, 0.717) is 17.5 Å². The molecule has 196 valence electrons. The Kier molecular flexibility index (Phi) is 7.63. The molecule has 0 bridgehead atoms. The Morgan fingerprint density at radius 1 is 1.11 bits per heavy atom. The van der Waals surface area contributed by atoms with Gasteiger partial charge in [0, 0.05) is 67.6 Å². The van der Waals surface area contributed by atoms with Crippen LogP contribution in [0.5, 0.6) is 0 Å². The molecule has 0 spiro atoms. The summed E-state index contributed by atoms with van der Waals surface area (Å²) in [5, 5.41) is 13.7. The van der Waals surface area contributed by atoms with Gasteiger partial charge in [-0.3, -0.25) is 14.8 Å². The monoisotopic (exact) mass is 542 g/mol.